The van der Waals surface area contributed by atoms with Crippen LogP contribution < -0.4 is 10.1 Å². The molecule has 0 aromatic heterocycles. The standard InChI is InChI=1S/C24H28ClFN2O3/c1-28(15-17-5-3-2-4-6-17)23-9-11-24(12-10-23,21(29)14-23)27-22(30)16-31-18-7-8-19(25)20(26)13-18/h2-8,13,21,29H,9-12,14-16H2,1H3,(H,27,30)/t21-,23?,24?/m0/s1. The molecule has 0 spiro atoms. The number of ether oxygens (including phenoxy) is 1. The minimum Gasteiger partial charge on any atom is -0.484 e. The van der Waals surface area contributed by atoms with Gasteiger partial charge in [-0.3, -0.25) is 9.69 Å². The van der Waals surface area contributed by atoms with Crippen molar-refractivity contribution in [1.82, 2.24) is 10.2 Å². The van der Waals surface area contributed by atoms with Crippen molar-refractivity contribution in [3.8, 4) is 5.75 Å². The summed E-state index contributed by atoms with van der Waals surface area (Å²) in [5.41, 5.74) is 0.570. The van der Waals surface area contributed by atoms with E-state index in [0.717, 1.165) is 25.5 Å². The number of carbonyl (C=O) groups excluding carboxylic acids is 1. The highest BCUT2D eigenvalue weighted by atomic mass is 35.5. The van der Waals surface area contributed by atoms with Crippen molar-refractivity contribution in [3.05, 3.63) is 64.9 Å². The van der Waals surface area contributed by atoms with Gasteiger partial charge >= 0.3 is 0 Å². The number of nitrogens with zero attached hydrogens (tertiary/aromatic N) is 1. The van der Waals surface area contributed by atoms with Gasteiger partial charge in [0.15, 0.2) is 6.61 Å². The molecule has 0 unspecified atom stereocenters. The summed E-state index contributed by atoms with van der Waals surface area (Å²) in [5, 5.41) is 14.0. The minimum atomic E-state index is -0.624. The fourth-order valence-electron chi connectivity index (χ4n) is 5.05. The van der Waals surface area contributed by atoms with Crippen LogP contribution in [0.15, 0.2) is 48.5 Å². The zero-order valence-electron chi connectivity index (χ0n) is 17.6. The third-order valence-electron chi connectivity index (χ3n) is 7.01. The molecule has 31 heavy (non-hydrogen) atoms. The second-order valence-electron chi connectivity index (χ2n) is 8.85. The summed E-state index contributed by atoms with van der Waals surface area (Å²) < 4.78 is 18.9. The summed E-state index contributed by atoms with van der Waals surface area (Å²) in [7, 11) is 2.12. The molecule has 1 atom stereocenters. The molecule has 0 aliphatic heterocycles. The summed E-state index contributed by atoms with van der Waals surface area (Å²) in [5.74, 6) is -0.672. The molecule has 1 amide bonds. The molecule has 5 nitrogen and oxygen atoms in total. The number of nitrogens with one attached hydrogen (secondary N) is 1. The van der Waals surface area contributed by atoms with E-state index < -0.39 is 17.5 Å². The molecule has 0 saturated heterocycles. The van der Waals surface area contributed by atoms with Crippen LogP contribution in [0.1, 0.15) is 37.7 Å². The van der Waals surface area contributed by atoms with Gasteiger partial charge in [0.1, 0.15) is 11.6 Å². The first-order valence-corrected chi connectivity index (χ1v) is 11.0. The molecule has 3 saturated carbocycles. The summed E-state index contributed by atoms with van der Waals surface area (Å²) in [6.45, 7) is 0.590. The van der Waals surface area contributed by atoms with Crippen molar-refractivity contribution in [1.29, 1.82) is 0 Å². The van der Waals surface area contributed by atoms with E-state index in [1.807, 2.05) is 18.2 Å². The number of hydrogen-bond acceptors (Lipinski definition) is 4. The van der Waals surface area contributed by atoms with E-state index in [1.165, 1.54) is 17.7 Å². The molecular weight excluding hydrogens is 419 g/mol. The zero-order chi connectivity index (χ0) is 22.1. The first-order valence-electron chi connectivity index (χ1n) is 10.6. The lowest BCUT2D eigenvalue weighted by molar-refractivity contribution is -0.137. The number of aliphatic hydroxyl groups is 1. The van der Waals surface area contributed by atoms with Crippen LogP contribution in [0.3, 0.4) is 0 Å². The Morgan fingerprint density at radius 3 is 2.58 bits per heavy atom. The largest absolute Gasteiger partial charge is 0.484 e. The maximum atomic E-state index is 13.5. The highest BCUT2D eigenvalue weighted by Gasteiger charge is 2.56. The molecule has 166 valence electrons. The zero-order valence-corrected chi connectivity index (χ0v) is 18.4. The van der Waals surface area contributed by atoms with Gasteiger partial charge in [0.25, 0.3) is 5.91 Å². The van der Waals surface area contributed by atoms with Crippen LogP contribution in [0, 0.1) is 5.82 Å². The van der Waals surface area contributed by atoms with E-state index in [-0.39, 0.29) is 28.8 Å². The quantitative estimate of drug-likeness (QED) is 0.676. The maximum Gasteiger partial charge on any atom is 0.258 e. The van der Waals surface area contributed by atoms with Gasteiger partial charge in [-0.25, -0.2) is 4.39 Å². The van der Waals surface area contributed by atoms with Gasteiger partial charge in [-0.1, -0.05) is 41.9 Å². The average Bonchev–Trinajstić information content (AvgIpc) is 2.76. The Balaban J connectivity index is 1.35. The van der Waals surface area contributed by atoms with Crippen molar-refractivity contribution in [2.24, 2.45) is 0 Å². The molecule has 0 heterocycles. The molecule has 2 N–H and O–H groups in total. The maximum absolute atomic E-state index is 13.5. The lowest BCUT2D eigenvalue weighted by Gasteiger charge is -2.59. The van der Waals surface area contributed by atoms with E-state index in [1.54, 1.807) is 0 Å². The first-order chi connectivity index (χ1) is 14.8. The molecule has 3 fully saturated rings. The van der Waals surface area contributed by atoms with Crippen LogP contribution in [0.4, 0.5) is 4.39 Å². The third kappa shape index (κ3) is 4.56. The van der Waals surface area contributed by atoms with E-state index in [0.29, 0.717) is 19.3 Å². The molecule has 5 rings (SSSR count). The fourth-order valence-corrected chi connectivity index (χ4v) is 5.17. The molecular formula is C24H28ClFN2O3. The van der Waals surface area contributed by atoms with Gasteiger partial charge in [-0.05, 0) is 56.8 Å². The Kier molecular flexibility index (Phi) is 6.24. The third-order valence-corrected chi connectivity index (χ3v) is 7.31. The second kappa shape index (κ2) is 8.77. The summed E-state index contributed by atoms with van der Waals surface area (Å²) >= 11 is 5.67. The molecule has 2 aromatic carbocycles. The van der Waals surface area contributed by atoms with Crippen molar-refractivity contribution in [2.75, 3.05) is 13.7 Å². The highest BCUT2D eigenvalue weighted by Crippen LogP contribution is 2.50. The lowest BCUT2D eigenvalue weighted by atomic mass is 9.59. The predicted molar refractivity (Wildman–Crippen MR) is 118 cm³/mol. The number of benzene rings is 2. The fraction of sp³-hybridized carbons (Fsp3) is 0.458. The predicted octanol–water partition coefficient (Wildman–Crippen LogP) is 3.92. The SMILES string of the molecule is CN(Cc1ccccc1)C12CCC(NC(=O)COc3ccc(Cl)c(F)c3)(CC1)[C@@H](O)C2. The van der Waals surface area contributed by atoms with Crippen LogP contribution in [0.25, 0.3) is 0 Å². The normalized spacial score (nSPS) is 27.3. The Labute approximate surface area is 187 Å². The molecule has 7 heteroatoms. The summed E-state index contributed by atoms with van der Waals surface area (Å²) in [4.78, 5) is 14.9. The van der Waals surface area contributed by atoms with E-state index in [4.69, 9.17) is 16.3 Å². The van der Waals surface area contributed by atoms with Gasteiger partial charge in [-0.15, -0.1) is 0 Å². The van der Waals surface area contributed by atoms with Crippen LogP contribution in [0.2, 0.25) is 5.02 Å². The first kappa shape index (κ1) is 22.1. The van der Waals surface area contributed by atoms with Crippen molar-refractivity contribution < 1.29 is 19.0 Å². The van der Waals surface area contributed by atoms with E-state index in [2.05, 4.69) is 29.4 Å². The monoisotopic (exact) mass is 446 g/mol. The van der Waals surface area contributed by atoms with Crippen molar-refractivity contribution in [3.63, 3.8) is 0 Å². The smallest absolute Gasteiger partial charge is 0.258 e. The highest BCUT2D eigenvalue weighted by molar-refractivity contribution is 6.30. The number of fused-ring (bicyclic) bond motifs is 3. The van der Waals surface area contributed by atoms with Crippen LogP contribution in [-0.4, -0.2) is 46.7 Å². The lowest BCUT2D eigenvalue weighted by Crippen LogP contribution is -2.69. The van der Waals surface area contributed by atoms with E-state index in [9.17, 15) is 14.3 Å². The number of carbonyl (C=O) groups is 1. The summed E-state index contributed by atoms with van der Waals surface area (Å²) in [6.07, 6.45) is 3.27. The molecule has 3 aliphatic rings. The van der Waals surface area contributed by atoms with Crippen molar-refractivity contribution >= 4 is 17.5 Å². The average molecular weight is 447 g/mol. The Bertz CT molecular complexity index is 932. The number of amides is 1. The molecule has 3 aliphatic carbocycles. The van der Waals surface area contributed by atoms with Crippen molar-refractivity contribution in [2.45, 2.75) is 55.8 Å². The number of hydrogen-bond donors (Lipinski definition) is 2. The van der Waals surface area contributed by atoms with Gasteiger partial charge in [0.05, 0.1) is 16.7 Å². The van der Waals surface area contributed by atoms with Gasteiger partial charge in [0.2, 0.25) is 0 Å². The Hall–Kier alpha value is -2.15. The number of aliphatic hydroxyl groups excluding tert-OH is 1. The van der Waals surface area contributed by atoms with E-state index >= 15 is 0 Å². The van der Waals surface area contributed by atoms with Gasteiger partial charge in [0, 0.05) is 18.2 Å². The summed E-state index contributed by atoms with van der Waals surface area (Å²) in [6, 6.07) is 14.4. The Morgan fingerprint density at radius 2 is 1.94 bits per heavy atom. The molecule has 2 aromatic rings. The van der Waals surface area contributed by atoms with Crippen LogP contribution in [0.5, 0.6) is 5.75 Å². The Morgan fingerprint density at radius 1 is 1.23 bits per heavy atom. The molecule has 2 bridgehead atoms. The van der Waals surface area contributed by atoms with Gasteiger partial charge < -0.3 is 15.2 Å². The number of rotatable bonds is 7. The second-order valence-corrected chi connectivity index (χ2v) is 9.26. The van der Waals surface area contributed by atoms with Crippen LogP contribution >= 0.6 is 11.6 Å². The minimum absolute atomic E-state index is 0.00365. The number of halogens is 2. The topological polar surface area (TPSA) is 61.8 Å². The van der Waals surface area contributed by atoms with Gasteiger partial charge in [-0.2, -0.15) is 0 Å². The molecule has 0 radical (unpaired) electrons. The van der Waals surface area contributed by atoms with Crippen LogP contribution in [-0.2, 0) is 11.3 Å².